The second kappa shape index (κ2) is 6.46. The average molecular weight is 379 g/mol. The van der Waals surface area contributed by atoms with Crippen molar-refractivity contribution in [1.29, 1.82) is 0 Å². The Morgan fingerprint density at radius 3 is 2.40 bits per heavy atom. The molecule has 1 aromatic rings. The molecular weight excluding hydrogens is 357 g/mol. The molecule has 0 bridgehead atoms. The fraction of sp³-hybridized carbons (Fsp3) is 0.625. The average Bonchev–Trinajstić information content (AvgIpc) is 2.39. The van der Waals surface area contributed by atoms with Crippen LogP contribution in [-0.4, -0.2) is 6.04 Å². The first-order valence-corrected chi connectivity index (χ1v) is 8.75. The van der Waals surface area contributed by atoms with Gasteiger partial charge in [0.25, 0.3) is 0 Å². The van der Waals surface area contributed by atoms with Gasteiger partial charge >= 0.3 is 0 Å². The first-order valence-electron chi connectivity index (χ1n) is 7.20. The highest BCUT2D eigenvalue weighted by Gasteiger charge is 2.34. The Morgan fingerprint density at radius 1 is 1.10 bits per heavy atom. The molecule has 112 valence electrons. The van der Waals surface area contributed by atoms with Crippen LogP contribution in [0, 0.1) is 11.3 Å². The molecule has 2 atom stereocenters. The molecule has 1 nitrogen and oxygen atoms in total. The zero-order chi connectivity index (χ0) is 14.9. The zero-order valence-corrected chi connectivity index (χ0v) is 15.4. The summed E-state index contributed by atoms with van der Waals surface area (Å²) in [4.78, 5) is 0. The fourth-order valence-corrected chi connectivity index (χ4v) is 4.01. The van der Waals surface area contributed by atoms with Gasteiger partial charge in [-0.1, -0.05) is 56.8 Å². The summed E-state index contributed by atoms with van der Waals surface area (Å²) in [5.74, 6) is 0.662. The van der Waals surface area contributed by atoms with Crippen molar-refractivity contribution in [3.05, 3.63) is 26.7 Å². The molecule has 0 amide bonds. The molecule has 0 aromatic heterocycles. The minimum atomic E-state index is 0.309. The van der Waals surface area contributed by atoms with Crippen molar-refractivity contribution in [3.8, 4) is 0 Å². The molecule has 0 radical (unpaired) electrons. The first kappa shape index (κ1) is 16.5. The Morgan fingerprint density at radius 2 is 1.75 bits per heavy atom. The molecule has 1 aromatic carbocycles. The van der Waals surface area contributed by atoms with Crippen LogP contribution >= 0.6 is 39.1 Å². The van der Waals surface area contributed by atoms with Crippen LogP contribution in [0.2, 0.25) is 10.0 Å². The molecule has 4 heteroatoms. The second-order valence-electron chi connectivity index (χ2n) is 6.73. The highest BCUT2D eigenvalue weighted by molar-refractivity contribution is 9.10. The van der Waals surface area contributed by atoms with Gasteiger partial charge < -0.3 is 5.32 Å². The Balaban J connectivity index is 2.21. The van der Waals surface area contributed by atoms with E-state index in [1.54, 1.807) is 0 Å². The smallest absolute Gasteiger partial charge is 0.0835 e. The summed E-state index contributed by atoms with van der Waals surface area (Å²) < 4.78 is 0.839. The second-order valence-corrected chi connectivity index (χ2v) is 8.34. The van der Waals surface area contributed by atoms with Gasteiger partial charge in [0.1, 0.15) is 0 Å². The summed E-state index contributed by atoms with van der Waals surface area (Å²) in [7, 11) is 0. The van der Waals surface area contributed by atoms with Crippen LogP contribution in [0.1, 0.15) is 46.5 Å². The summed E-state index contributed by atoms with van der Waals surface area (Å²) in [6.07, 6.45) is 5.09. The molecule has 1 fully saturated rings. The van der Waals surface area contributed by atoms with E-state index in [-0.39, 0.29) is 0 Å². The van der Waals surface area contributed by atoms with E-state index >= 15 is 0 Å². The van der Waals surface area contributed by atoms with Crippen LogP contribution in [0.4, 0.5) is 5.69 Å². The van der Waals surface area contributed by atoms with Gasteiger partial charge in [-0.05, 0) is 52.2 Å². The summed E-state index contributed by atoms with van der Waals surface area (Å²) >= 11 is 16.0. The van der Waals surface area contributed by atoms with E-state index in [1.807, 2.05) is 12.1 Å². The third-order valence-electron chi connectivity index (χ3n) is 4.25. The number of anilines is 1. The van der Waals surface area contributed by atoms with E-state index in [0.717, 1.165) is 10.2 Å². The Kier molecular flexibility index (Phi) is 5.31. The predicted molar refractivity (Wildman–Crippen MR) is 93.0 cm³/mol. The molecule has 0 heterocycles. The Hall–Kier alpha value is 0.0800. The molecule has 2 rings (SSSR count). The van der Waals surface area contributed by atoms with Gasteiger partial charge in [-0.3, -0.25) is 0 Å². The van der Waals surface area contributed by atoms with Crippen molar-refractivity contribution in [2.24, 2.45) is 11.3 Å². The molecule has 0 saturated heterocycles. The van der Waals surface area contributed by atoms with Gasteiger partial charge in [0, 0.05) is 10.5 Å². The van der Waals surface area contributed by atoms with E-state index < -0.39 is 0 Å². The lowest BCUT2D eigenvalue weighted by Crippen LogP contribution is -2.39. The number of rotatable bonds is 2. The van der Waals surface area contributed by atoms with Gasteiger partial charge in [-0.2, -0.15) is 0 Å². The SMILES string of the molecule is CC(C)(C)C1CCCCC1Nc1ccc(Br)c(Cl)c1Cl. The van der Waals surface area contributed by atoms with Gasteiger partial charge in [-0.15, -0.1) is 0 Å². The standard InChI is InChI=1S/C16H22BrCl2N/c1-16(2,3)10-6-4-5-7-12(10)20-13-9-8-11(17)14(18)15(13)19/h8-10,12,20H,4-7H2,1-3H3. The highest BCUT2D eigenvalue weighted by Crippen LogP contribution is 2.41. The fourth-order valence-electron chi connectivity index (χ4n) is 3.18. The predicted octanol–water partition coefficient (Wildman–Crippen LogP) is 6.77. The largest absolute Gasteiger partial charge is 0.381 e. The molecule has 0 aliphatic heterocycles. The lowest BCUT2D eigenvalue weighted by atomic mass is 9.69. The van der Waals surface area contributed by atoms with Gasteiger partial charge in [0.2, 0.25) is 0 Å². The van der Waals surface area contributed by atoms with Crippen molar-refractivity contribution in [2.75, 3.05) is 5.32 Å². The van der Waals surface area contributed by atoms with Crippen molar-refractivity contribution in [3.63, 3.8) is 0 Å². The number of nitrogens with one attached hydrogen (secondary N) is 1. The maximum atomic E-state index is 6.36. The molecule has 2 unspecified atom stereocenters. The van der Waals surface area contributed by atoms with E-state index in [9.17, 15) is 0 Å². The van der Waals surface area contributed by atoms with Crippen LogP contribution in [0.3, 0.4) is 0 Å². The van der Waals surface area contributed by atoms with Crippen LogP contribution in [0.25, 0.3) is 0 Å². The topological polar surface area (TPSA) is 12.0 Å². The minimum Gasteiger partial charge on any atom is -0.381 e. The number of halogens is 3. The third kappa shape index (κ3) is 3.64. The van der Waals surface area contributed by atoms with E-state index in [0.29, 0.717) is 27.4 Å². The van der Waals surface area contributed by atoms with Crippen molar-refractivity contribution < 1.29 is 0 Å². The summed E-state index contributed by atoms with van der Waals surface area (Å²) in [5, 5.41) is 4.83. The van der Waals surface area contributed by atoms with Crippen LogP contribution < -0.4 is 5.32 Å². The van der Waals surface area contributed by atoms with Crippen molar-refractivity contribution in [2.45, 2.75) is 52.5 Å². The molecule has 0 spiro atoms. The number of hydrogen-bond donors (Lipinski definition) is 1. The normalized spacial score (nSPS) is 23.7. The number of benzene rings is 1. The lowest BCUT2D eigenvalue weighted by molar-refractivity contribution is 0.163. The number of hydrogen-bond acceptors (Lipinski definition) is 1. The molecular formula is C16H22BrCl2N. The molecule has 1 aliphatic rings. The third-order valence-corrected chi connectivity index (χ3v) is 6.03. The first-order chi connectivity index (χ1) is 9.30. The maximum absolute atomic E-state index is 6.36. The summed E-state index contributed by atoms with van der Waals surface area (Å²) in [5.41, 5.74) is 1.25. The van der Waals surface area contributed by atoms with Crippen molar-refractivity contribution in [1.82, 2.24) is 0 Å². The van der Waals surface area contributed by atoms with Crippen LogP contribution in [-0.2, 0) is 0 Å². The molecule has 1 saturated carbocycles. The van der Waals surface area contributed by atoms with Crippen molar-refractivity contribution >= 4 is 44.8 Å². The molecule has 20 heavy (non-hydrogen) atoms. The maximum Gasteiger partial charge on any atom is 0.0835 e. The summed E-state index contributed by atoms with van der Waals surface area (Å²) in [6.45, 7) is 6.98. The Labute approximate surface area is 140 Å². The van der Waals surface area contributed by atoms with E-state index in [2.05, 4.69) is 42.0 Å². The van der Waals surface area contributed by atoms with Gasteiger partial charge in [0.15, 0.2) is 0 Å². The highest BCUT2D eigenvalue weighted by atomic mass is 79.9. The van der Waals surface area contributed by atoms with E-state index in [1.165, 1.54) is 25.7 Å². The Bertz CT molecular complexity index is 482. The lowest BCUT2D eigenvalue weighted by Gasteiger charge is -2.41. The van der Waals surface area contributed by atoms with E-state index in [4.69, 9.17) is 23.2 Å². The summed E-state index contributed by atoms with van der Waals surface area (Å²) in [6, 6.07) is 4.43. The monoisotopic (exact) mass is 377 g/mol. The molecule has 1 N–H and O–H groups in total. The zero-order valence-electron chi connectivity index (χ0n) is 12.3. The molecule has 1 aliphatic carbocycles. The van der Waals surface area contributed by atoms with Gasteiger partial charge in [-0.25, -0.2) is 0 Å². The van der Waals surface area contributed by atoms with Crippen LogP contribution in [0.15, 0.2) is 16.6 Å². The van der Waals surface area contributed by atoms with Gasteiger partial charge in [0.05, 0.1) is 15.7 Å². The van der Waals surface area contributed by atoms with Crippen LogP contribution in [0.5, 0.6) is 0 Å². The quantitative estimate of drug-likeness (QED) is 0.559. The minimum absolute atomic E-state index is 0.309.